The van der Waals surface area contributed by atoms with Crippen molar-refractivity contribution in [3.8, 4) is 12.3 Å². The van der Waals surface area contributed by atoms with E-state index in [2.05, 4.69) is 21.0 Å². The van der Waals surface area contributed by atoms with Gasteiger partial charge in [0, 0.05) is 6.54 Å². The van der Waals surface area contributed by atoms with E-state index in [0.717, 1.165) is 19.0 Å². The first-order valence-corrected chi connectivity index (χ1v) is 7.43. The summed E-state index contributed by atoms with van der Waals surface area (Å²) in [6.07, 6.45) is 10.3. The lowest BCUT2D eigenvalue weighted by Crippen LogP contribution is -2.43. The van der Waals surface area contributed by atoms with E-state index in [0.29, 0.717) is 13.1 Å². The molecule has 19 heavy (non-hydrogen) atoms. The molecular formula is C15H25N3O. The molecule has 0 aromatic heterocycles. The van der Waals surface area contributed by atoms with Crippen molar-refractivity contribution in [3.63, 3.8) is 0 Å². The topological polar surface area (TPSA) is 35.6 Å². The van der Waals surface area contributed by atoms with Crippen molar-refractivity contribution in [2.45, 2.75) is 25.7 Å². The average molecular weight is 263 g/mol. The molecule has 0 bridgehead atoms. The Bertz CT molecular complexity index is 323. The standard InChI is InChI=1S/C15H25N3O/c1-2-7-16-15(19)13-18-10-5-14(6-11-18)12-17-8-3-4-9-17/h1,14H,3-13H2,(H,16,19). The van der Waals surface area contributed by atoms with Crippen molar-refractivity contribution in [1.82, 2.24) is 15.1 Å². The van der Waals surface area contributed by atoms with Gasteiger partial charge in [-0.15, -0.1) is 6.42 Å². The number of piperidine rings is 1. The molecule has 0 spiro atoms. The molecule has 0 aromatic carbocycles. The van der Waals surface area contributed by atoms with Crippen LogP contribution in [0, 0.1) is 18.3 Å². The number of hydrogen-bond donors (Lipinski definition) is 1. The summed E-state index contributed by atoms with van der Waals surface area (Å²) in [6, 6.07) is 0. The van der Waals surface area contributed by atoms with E-state index in [1.54, 1.807) is 0 Å². The first-order valence-electron chi connectivity index (χ1n) is 7.43. The van der Waals surface area contributed by atoms with E-state index in [9.17, 15) is 4.79 Å². The van der Waals surface area contributed by atoms with Crippen LogP contribution in [0.3, 0.4) is 0 Å². The summed E-state index contributed by atoms with van der Waals surface area (Å²) in [5.41, 5.74) is 0. The van der Waals surface area contributed by atoms with Gasteiger partial charge in [-0.25, -0.2) is 0 Å². The molecule has 0 saturated carbocycles. The maximum Gasteiger partial charge on any atom is 0.234 e. The van der Waals surface area contributed by atoms with Gasteiger partial charge in [-0.3, -0.25) is 9.69 Å². The minimum atomic E-state index is 0.0518. The molecule has 2 aliphatic heterocycles. The first-order chi connectivity index (χ1) is 9.28. The molecule has 2 saturated heterocycles. The number of nitrogens with zero attached hydrogens (tertiary/aromatic N) is 2. The molecule has 4 heteroatoms. The normalized spacial score (nSPS) is 22.3. The Balaban J connectivity index is 1.62. The van der Waals surface area contributed by atoms with Crippen LogP contribution in [0.1, 0.15) is 25.7 Å². The molecule has 1 N–H and O–H groups in total. The van der Waals surface area contributed by atoms with Crippen LogP contribution in [0.5, 0.6) is 0 Å². The van der Waals surface area contributed by atoms with Crippen molar-refractivity contribution in [3.05, 3.63) is 0 Å². The van der Waals surface area contributed by atoms with Gasteiger partial charge in [0.05, 0.1) is 13.1 Å². The van der Waals surface area contributed by atoms with Crippen molar-refractivity contribution >= 4 is 5.91 Å². The molecule has 0 aliphatic carbocycles. The van der Waals surface area contributed by atoms with Crippen LogP contribution in [0.2, 0.25) is 0 Å². The minimum Gasteiger partial charge on any atom is -0.344 e. The highest BCUT2D eigenvalue weighted by molar-refractivity contribution is 5.78. The van der Waals surface area contributed by atoms with Gasteiger partial charge in [0.25, 0.3) is 0 Å². The number of nitrogens with one attached hydrogen (secondary N) is 1. The second kappa shape index (κ2) is 7.52. The Morgan fingerprint density at radius 2 is 1.84 bits per heavy atom. The number of rotatable bonds is 5. The van der Waals surface area contributed by atoms with Gasteiger partial charge in [-0.1, -0.05) is 5.92 Å². The fraction of sp³-hybridized carbons (Fsp3) is 0.800. The highest BCUT2D eigenvalue weighted by atomic mass is 16.2. The van der Waals surface area contributed by atoms with Crippen LogP contribution in [0.15, 0.2) is 0 Å². The monoisotopic (exact) mass is 263 g/mol. The molecule has 2 aliphatic rings. The highest BCUT2D eigenvalue weighted by Crippen LogP contribution is 2.20. The number of hydrogen-bond acceptors (Lipinski definition) is 3. The van der Waals surface area contributed by atoms with Crippen LogP contribution >= 0.6 is 0 Å². The van der Waals surface area contributed by atoms with Crippen molar-refractivity contribution in [2.24, 2.45) is 5.92 Å². The third kappa shape index (κ3) is 4.85. The van der Waals surface area contributed by atoms with Crippen LogP contribution < -0.4 is 5.32 Å². The summed E-state index contributed by atoms with van der Waals surface area (Å²) in [4.78, 5) is 16.4. The summed E-state index contributed by atoms with van der Waals surface area (Å²) < 4.78 is 0. The molecule has 4 nitrogen and oxygen atoms in total. The molecule has 2 rings (SSSR count). The Kier molecular flexibility index (Phi) is 5.68. The van der Waals surface area contributed by atoms with Gasteiger partial charge < -0.3 is 10.2 Å². The number of terminal acetylenes is 1. The Labute approximate surface area is 116 Å². The Hall–Kier alpha value is -1.05. The maximum absolute atomic E-state index is 11.6. The van der Waals surface area contributed by atoms with Gasteiger partial charge in [-0.05, 0) is 57.8 Å². The SMILES string of the molecule is C#CCNC(=O)CN1CCC(CN2CCCC2)CC1. The molecule has 2 heterocycles. The van der Waals surface area contributed by atoms with E-state index in [1.807, 2.05) is 0 Å². The maximum atomic E-state index is 11.6. The fourth-order valence-electron chi connectivity index (χ4n) is 3.07. The van der Waals surface area contributed by atoms with Gasteiger partial charge >= 0.3 is 0 Å². The lowest BCUT2D eigenvalue weighted by atomic mass is 9.96. The Morgan fingerprint density at radius 1 is 1.16 bits per heavy atom. The van der Waals surface area contributed by atoms with Crippen LogP contribution in [-0.2, 0) is 4.79 Å². The number of amides is 1. The minimum absolute atomic E-state index is 0.0518. The number of likely N-dealkylation sites (tertiary alicyclic amines) is 2. The zero-order chi connectivity index (χ0) is 13.5. The second-order valence-corrected chi connectivity index (χ2v) is 5.71. The lowest BCUT2D eigenvalue weighted by molar-refractivity contribution is -0.122. The third-order valence-corrected chi connectivity index (χ3v) is 4.18. The average Bonchev–Trinajstić information content (AvgIpc) is 2.91. The summed E-state index contributed by atoms with van der Waals surface area (Å²) in [7, 11) is 0. The quantitative estimate of drug-likeness (QED) is 0.736. The summed E-state index contributed by atoms with van der Waals surface area (Å²) in [6.45, 7) is 6.76. The fourth-order valence-corrected chi connectivity index (χ4v) is 3.07. The van der Waals surface area contributed by atoms with Gasteiger partial charge in [0.1, 0.15) is 0 Å². The number of carbonyl (C=O) groups excluding carboxylic acids is 1. The second-order valence-electron chi connectivity index (χ2n) is 5.71. The zero-order valence-corrected chi connectivity index (χ0v) is 11.7. The summed E-state index contributed by atoms with van der Waals surface area (Å²) in [5, 5.41) is 2.72. The van der Waals surface area contributed by atoms with Gasteiger partial charge in [0.2, 0.25) is 5.91 Å². The molecule has 1 amide bonds. The lowest BCUT2D eigenvalue weighted by Gasteiger charge is -2.33. The van der Waals surface area contributed by atoms with Crippen molar-refractivity contribution in [2.75, 3.05) is 45.8 Å². The smallest absolute Gasteiger partial charge is 0.234 e. The predicted octanol–water partition coefficient (Wildman–Crippen LogP) is 0.544. The molecule has 0 radical (unpaired) electrons. The Morgan fingerprint density at radius 3 is 2.47 bits per heavy atom. The first kappa shape index (κ1) is 14.4. The molecular weight excluding hydrogens is 238 g/mol. The summed E-state index contributed by atoms with van der Waals surface area (Å²) in [5.74, 6) is 3.30. The van der Waals surface area contributed by atoms with Gasteiger partial charge in [-0.2, -0.15) is 0 Å². The predicted molar refractivity (Wildman–Crippen MR) is 76.7 cm³/mol. The molecule has 0 unspecified atom stereocenters. The van der Waals surface area contributed by atoms with Crippen molar-refractivity contribution < 1.29 is 4.79 Å². The van der Waals surface area contributed by atoms with Crippen LogP contribution in [0.25, 0.3) is 0 Å². The third-order valence-electron chi connectivity index (χ3n) is 4.18. The van der Waals surface area contributed by atoms with Crippen molar-refractivity contribution in [1.29, 1.82) is 0 Å². The summed E-state index contributed by atoms with van der Waals surface area (Å²) >= 11 is 0. The zero-order valence-electron chi connectivity index (χ0n) is 11.7. The largest absolute Gasteiger partial charge is 0.344 e. The van der Waals surface area contributed by atoms with E-state index in [-0.39, 0.29) is 5.91 Å². The number of carbonyl (C=O) groups is 1. The molecule has 106 valence electrons. The van der Waals surface area contributed by atoms with E-state index < -0.39 is 0 Å². The molecule has 2 fully saturated rings. The van der Waals surface area contributed by atoms with Gasteiger partial charge in [0.15, 0.2) is 0 Å². The molecule has 0 atom stereocenters. The molecule has 0 aromatic rings. The van der Waals surface area contributed by atoms with Crippen LogP contribution in [0.4, 0.5) is 0 Å². The van der Waals surface area contributed by atoms with E-state index in [4.69, 9.17) is 6.42 Å². The van der Waals surface area contributed by atoms with E-state index >= 15 is 0 Å². The highest BCUT2D eigenvalue weighted by Gasteiger charge is 2.23. The van der Waals surface area contributed by atoms with E-state index in [1.165, 1.54) is 45.3 Å². The van der Waals surface area contributed by atoms with Crippen LogP contribution in [-0.4, -0.2) is 61.5 Å².